The summed E-state index contributed by atoms with van der Waals surface area (Å²) in [5, 5.41) is 40.6. The average molecular weight is 833 g/mol. The van der Waals surface area contributed by atoms with Gasteiger partial charge in [-0.3, -0.25) is 0 Å². The minimum absolute atomic E-state index is 0.0686. The monoisotopic (exact) mass is 832 g/mol. The summed E-state index contributed by atoms with van der Waals surface area (Å²) in [6.45, 7) is 26.1. The van der Waals surface area contributed by atoms with Crippen molar-refractivity contribution in [2.75, 3.05) is 0 Å². The number of hydrazine groups is 1. The standard InChI is InChI=1S/C36H54N2O2.2C2HF3O2.Co/c1-33(2,3)26-18-24(31(39)29(20-26)35(7,8)9)22-37-38(28-16-14-13-15-17-28)23-25-19-27(34(4,5)6)21-30(32(25)40)36(10,11)12;2*3-2(4,5)1(6)7;/h18-23,28H,13-17H2,1-12H3,(H,37,39);2*(H,6,7);/q;;;+1/p-1. The topological polar surface area (TPSA) is 127 Å². The molecule has 2 aromatic carbocycles. The van der Waals surface area contributed by atoms with E-state index < -0.39 is 24.3 Å². The Morgan fingerprint density at radius 1 is 0.618 bits per heavy atom. The fourth-order valence-electron chi connectivity index (χ4n) is 5.49. The molecule has 0 spiro atoms. The first-order valence-electron chi connectivity index (χ1n) is 17.7. The number of carbonyl (C=O) groups is 2. The fourth-order valence-corrected chi connectivity index (χ4v) is 5.87. The van der Waals surface area contributed by atoms with Gasteiger partial charge in [-0.15, -0.1) is 0 Å². The van der Waals surface area contributed by atoms with Crippen LogP contribution in [0.25, 0.3) is 0 Å². The third-order valence-electron chi connectivity index (χ3n) is 8.76. The van der Waals surface area contributed by atoms with Gasteiger partial charge in [-0.1, -0.05) is 0 Å². The van der Waals surface area contributed by atoms with Crippen molar-refractivity contribution in [3.05, 3.63) is 57.6 Å². The SMILES string of the molecule is CC(C)(C)c1cc(C=[N+]([Co])[N+](=Cc2cc(C(C)(C)C)cc(C(C)(C)C)c2O)C2CCCCC2)c(O)c(C(C)(C)C)c1.O=C([O-])C(F)(F)F.O=C([O-])C(F)(F)F. The largest absolute Gasteiger partial charge is 0.542 e. The molecule has 1 fully saturated rings. The van der Waals surface area contributed by atoms with E-state index in [1.807, 2.05) is 9.95 Å². The molecular weight excluding hydrogens is 777 g/mol. The number of aliphatic carboxylic acids is 2. The molecular formula is C40H55CoF6N2O6. The number of carboxylic acid groups (broad SMARTS) is 2. The van der Waals surface area contributed by atoms with Crippen molar-refractivity contribution in [3.8, 4) is 11.5 Å². The summed E-state index contributed by atoms with van der Waals surface area (Å²) in [6.07, 6.45) is -0.734. The second-order valence-corrected chi connectivity index (χ2v) is 18.2. The maximum atomic E-state index is 11.6. The van der Waals surface area contributed by atoms with Gasteiger partial charge in [0.05, 0.1) is 0 Å². The molecule has 0 unspecified atom stereocenters. The smallest absolute Gasteiger partial charge is 0.430 e. The van der Waals surface area contributed by atoms with Crippen molar-refractivity contribution < 1.29 is 80.7 Å². The number of hydrazone groups is 2. The number of benzene rings is 2. The van der Waals surface area contributed by atoms with E-state index in [4.69, 9.17) is 35.8 Å². The summed E-state index contributed by atoms with van der Waals surface area (Å²) in [5.41, 5.74) is 5.20. The molecule has 0 radical (unpaired) electrons. The van der Waals surface area contributed by atoms with Gasteiger partial charge in [-0.25, -0.2) is 0 Å². The molecule has 0 amide bonds. The van der Waals surface area contributed by atoms with Crippen LogP contribution in [0.2, 0.25) is 0 Å². The summed E-state index contributed by atoms with van der Waals surface area (Å²) < 4.78 is 67.1. The van der Waals surface area contributed by atoms with Crippen LogP contribution >= 0.6 is 0 Å². The van der Waals surface area contributed by atoms with E-state index in [0.717, 1.165) is 47.9 Å². The van der Waals surface area contributed by atoms with Crippen molar-refractivity contribution in [1.29, 1.82) is 0 Å². The molecule has 0 aromatic heterocycles. The minimum Gasteiger partial charge on any atom is -0.542 e. The Labute approximate surface area is 328 Å². The van der Waals surface area contributed by atoms with E-state index in [-0.39, 0.29) is 27.7 Å². The van der Waals surface area contributed by atoms with Gasteiger partial charge in [0.25, 0.3) is 0 Å². The molecule has 8 nitrogen and oxygen atoms in total. The number of phenolic OH excluding ortho intramolecular Hbond substituents is 2. The van der Waals surface area contributed by atoms with Gasteiger partial charge in [0, 0.05) is 0 Å². The zero-order chi connectivity index (χ0) is 43.3. The van der Waals surface area contributed by atoms with Crippen LogP contribution in [0.5, 0.6) is 11.5 Å². The number of rotatable bonds is 4. The van der Waals surface area contributed by atoms with E-state index in [0.29, 0.717) is 11.5 Å². The predicted octanol–water partition coefficient (Wildman–Crippen LogP) is 7.16. The molecule has 0 aliphatic heterocycles. The molecule has 2 aromatic rings. The van der Waals surface area contributed by atoms with Gasteiger partial charge in [0.2, 0.25) is 0 Å². The van der Waals surface area contributed by atoms with Crippen molar-refractivity contribution in [2.24, 2.45) is 0 Å². The van der Waals surface area contributed by atoms with Gasteiger partial charge in [-0.2, -0.15) is 26.3 Å². The molecule has 55 heavy (non-hydrogen) atoms. The first-order valence-corrected chi connectivity index (χ1v) is 18.2. The molecule has 0 saturated heterocycles. The van der Waals surface area contributed by atoms with E-state index >= 15 is 0 Å². The Morgan fingerprint density at radius 3 is 1.20 bits per heavy atom. The summed E-state index contributed by atoms with van der Waals surface area (Å²) >= 11 is 5.08. The number of carboxylic acids is 2. The van der Waals surface area contributed by atoms with Crippen LogP contribution in [0.15, 0.2) is 24.3 Å². The third kappa shape index (κ3) is 15.1. The Kier molecular flexibility index (Phi) is 16.3. The molecule has 312 valence electrons. The molecule has 2 N–H and O–H groups in total. The maximum absolute atomic E-state index is 11.6. The van der Waals surface area contributed by atoms with Gasteiger partial charge in [0.15, 0.2) is 0 Å². The maximum Gasteiger partial charge on any atom is 0.430 e. The normalized spacial score (nSPS) is 15.4. The van der Waals surface area contributed by atoms with Crippen molar-refractivity contribution in [3.63, 3.8) is 0 Å². The minimum atomic E-state index is -5.19. The van der Waals surface area contributed by atoms with Crippen LogP contribution in [0.3, 0.4) is 0 Å². The Morgan fingerprint density at radius 2 is 0.927 bits per heavy atom. The Balaban J connectivity index is 0.000000913. The quantitative estimate of drug-likeness (QED) is 0.146. The molecule has 15 heteroatoms. The molecule has 0 atom stereocenters. The van der Waals surface area contributed by atoms with Crippen LogP contribution in [0.4, 0.5) is 26.3 Å². The number of hydrogen-bond acceptors (Lipinski definition) is 6. The van der Waals surface area contributed by atoms with Crippen LogP contribution in [-0.2, 0) is 47.2 Å². The van der Waals surface area contributed by atoms with Crippen molar-refractivity contribution in [2.45, 2.75) is 155 Å². The number of phenols is 2. The Bertz CT molecular complexity index is 1710. The summed E-state index contributed by atoms with van der Waals surface area (Å²) in [6, 6.07) is 8.75. The van der Waals surface area contributed by atoms with Crippen LogP contribution in [0, 0.1) is 0 Å². The predicted molar refractivity (Wildman–Crippen MR) is 191 cm³/mol. The Hall–Kier alpha value is -3.59. The van der Waals surface area contributed by atoms with Crippen LogP contribution < -0.4 is 10.2 Å². The summed E-state index contributed by atoms with van der Waals surface area (Å²) in [5.74, 6) is -5.40. The average Bonchev–Trinajstić information content (AvgIpc) is 2.99. The van der Waals surface area contributed by atoms with Crippen molar-refractivity contribution >= 4 is 24.4 Å². The molecule has 1 aliphatic rings. The number of carbonyl (C=O) groups excluding carboxylic acids is 2. The number of aromatic hydroxyl groups is 2. The van der Waals surface area contributed by atoms with Crippen LogP contribution in [0.1, 0.15) is 149 Å². The molecule has 1 saturated carbocycles. The van der Waals surface area contributed by atoms with Gasteiger partial charge >= 0.3 is 271 Å². The number of alkyl halides is 6. The molecule has 0 heterocycles. The second-order valence-electron chi connectivity index (χ2n) is 17.7. The zero-order valence-corrected chi connectivity index (χ0v) is 34.6. The van der Waals surface area contributed by atoms with E-state index in [9.17, 15) is 36.6 Å². The number of hydrogen-bond donors (Lipinski definition) is 2. The molecule has 3 rings (SSSR count). The van der Waals surface area contributed by atoms with Gasteiger partial charge < -0.3 is 19.8 Å². The second kappa shape index (κ2) is 18.1. The van der Waals surface area contributed by atoms with Crippen molar-refractivity contribution in [1.82, 2.24) is 0 Å². The summed E-state index contributed by atoms with van der Waals surface area (Å²) in [7, 11) is 0. The van der Waals surface area contributed by atoms with Crippen LogP contribution in [-0.4, -0.2) is 61.4 Å². The third-order valence-corrected chi connectivity index (χ3v) is 9.13. The summed E-state index contributed by atoms with van der Waals surface area (Å²) in [4.78, 5) is 17.6. The number of halogens is 6. The van der Waals surface area contributed by atoms with Gasteiger partial charge in [0.1, 0.15) is 11.9 Å². The zero-order valence-electron chi connectivity index (χ0n) is 33.6. The fraction of sp³-hybridized carbons (Fsp3) is 0.600. The van der Waals surface area contributed by atoms with E-state index in [1.54, 1.807) is 0 Å². The van der Waals surface area contributed by atoms with Gasteiger partial charge in [-0.05, 0) is 0 Å². The van der Waals surface area contributed by atoms with E-state index in [2.05, 4.69) is 118 Å². The first-order chi connectivity index (χ1) is 24.5. The molecule has 1 aliphatic carbocycles. The van der Waals surface area contributed by atoms with E-state index in [1.165, 1.54) is 17.5 Å². The number of nitrogens with zero attached hydrogens (tertiary/aromatic N) is 2. The molecule has 0 bridgehead atoms. The first kappa shape index (κ1) is 49.4.